The van der Waals surface area contributed by atoms with Crippen molar-refractivity contribution < 1.29 is 4.74 Å². The number of nitrogens with zero attached hydrogens (tertiary/aromatic N) is 5. The molecule has 1 N–H and O–H groups in total. The minimum atomic E-state index is -0.229. The molecule has 0 amide bonds. The summed E-state index contributed by atoms with van der Waals surface area (Å²) < 4.78 is 7.44. The number of hydrazone groups is 1. The van der Waals surface area contributed by atoms with E-state index in [1.54, 1.807) is 41.1 Å². The average molecular weight is 294 g/mol. The Morgan fingerprint density at radius 2 is 2.00 bits per heavy atom. The van der Waals surface area contributed by atoms with Crippen LogP contribution in [0.2, 0.25) is 0 Å². The zero-order chi connectivity index (χ0) is 15.9. The minimum Gasteiger partial charge on any atom is -0.489 e. The largest absolute Gasteiger partial charge is 0.489 e. The van der Waals surface area contributed by atoms with Crippen molar-refractivity contribution in [3.05, 3.63) is 41.7 Å². The van der Waals surface area contributed by atoms with E-state index in [0.29, 0.717) is 18.0 Å². The number of aromatic nitrogens is 2. The molecule has 2 aromatic rings. The van der Waals surface area contributed by atoms with Crippen LogP contribution in [0.1, 0.15) is 11.3 Å². The van der Waals surface area contributed by atoms with Gasteiger partial charge >= 0.3 is 0 Å². The number of ether oxygens (including phenoxy) is 1. The van der Waals surface area contributed by atoms with Gasteiger partial charge in [0.2, 0.25) is 5.71 Å². The van der Waals surface area contributed by atoms with Crippen LogP contribution in [-0.2, 0) is 13.7 Å². The van der Waals surface area contributed by atoms with Crippen LogP contribution in [0, 0.1) is 29.6 Å². The minimum absolute atomic E-state index is 0.229. The first kappa shape index (κ1) is 15.1. The van der Waals surface area contributed by atoms with Crippen molar-refractivity contribution in [2.45, 2.75) is 13.5 Å². The van der Waals surface area contributed by atoms with E-state index in [2.05, 4.69) is 15.6 Å². The molecule has 1 aromatic heterocycles. The standard InChI is InChI=1S/C15H14N6O/c1-11-12(9-21(2)20-11)10-22-15-5-3-13(4-6-15)18-19-14(7-16)8-17/h3-6,9,18H,10H2,1-2H3. The van der Waals surface area contributed by atoms with Crippen LogP contribution in [0.25, 0.3) is 0 Å². The molecule has 110 valence electrons. The molecular weight excluding hydrogens is 280 g/mol. The molecule has 1 heterocycles. The topological polar surface area (TPSA) is 99.0 Å². The molecule has 0 fully saturated rings. The van der Waals surface area contributed by atoms with Gasteiger partial charge in [-0.05, 0) is 31.2 Å². The fraction of sp³-hybridized carbons (Fsp3) is 0.200. The van der Waals surface area contributed by atoms with Crippen molar-refractivity contribution in [1.82, 2.24) is 9.78 Å². The summed E-state index contributed by atoms with van der Waals surface area (Å²) in [5.74, 6) is 0.707. The van der Waals surface area contributed by atoms with Crippen LogP contribution in [-0.4, -0.2) is 15.5 Å². The molecule has 7 heteroatoms. The fourth-order valence-corrected chi connectivity index (χ4v) is 1.77. The van der Waals surface area contributed by atoms with Crippen LogP contribution < -0.4 is 10.2 Å². The lowest BCUT2D eigenvalue weighted by Gasteiger charge is -2.06. The lowest BCUT2D eigenvalue weighted by Crippen LogP contribution is -1.98. The molecule has 0 aliphatic carbocycles. The van der Waals surface area contributed by atoms with Gasteiger partial charge in [-0.3, -0.25) is 10.1 Å². The molecule has 0 bridgehead atoms. The van der Waals surface area contributed by atoms with Crippen molar-refractivity contribution in [1.29, 1.82) is 10.5 Å². The zero-order valence-electron chi connectivity index (χ0n) is 12.2. The normalized spacial score (nSPS) is 9.45. The van der Waals surface area contributed by atoms with Crippen molar-refractivity contribution >= 4 is 11.4 Å². The van der Waals surface area contributed by atoms with Gasteiger partial charge in [0.1, 0.15) is 24.5 Å². The van der Waals surface area contributed by atoms with Gasteiger partial charge in [-0.25, -0.2) is 0 Å². The predicted octanol–water partition coefficient (Wildman–Crippen LogP) is 2.12. The zero-order valence-corrected chi connectivity index (χ0v) is 12.2. The number of benzene rings is 1. The third kappa shape index (κ3) is 3.84. The Bertz CT molecular complexity index is 745. The highest BCUT2D eigenvalue weighted by Crippen LogP contribution is 2.17. The summed E-state index contributed by atoms with van der Waals surface area (Å²) in [6.45, 7) is 2.38. The van der Waals surface area contributed by atoms with Gasteiger partial charge in [0.25, 0.3) is 0 Å². The molecule has 0 aliphatic heterocycles. The van der Waals surface area contributed by atoms with E-state index < -0.39 is 0 Å². The van der Waals surface area contributed by atoms with Gasteiger partial charge in [0, 0.05) is 18.8 Å². The highest BCUT2D eigenvalue weighted by Gasteiger charge is 2.04. The Hall–Kier alpha value is -3.32. The summed E-state index contributed by atoms with van der Waals surface area (Å²) in [5, 5.41) is 25.1. The summed E-state index contributed by atoms with van der Waals surface area (Å²) in [6, 6.07) is 10.4. The van der Waals surface area contributed by atoms with Gasteiger partial charge in [-0.15, -0.1) is 0 Å². The molecule has 0 radical (unpaired) electrons. The molecule has 0 saturated heterocycles. The number of hydrogen-bond acceptors (Lipinski definition) is 6. The molecular formula is C15H14N6O. The molecule has 0 saturated carbocycles. The fourth-order valence-electron chi connectivity index (χ4n) is 1.77. The van der Waals surface area contributed by atoms with Gasteiger partial charge in [-0.1, -0.05) is 0 Å². The van der Waals surface area contributed by atoms with Gasteiger partial charge in [0.05, 0.1) is 11.4 Å². The first-order valence-electron chi connectivity index (χ1n) is 6.48. The van der Waals surface area contributed by atoms with Gasteiger partial charge in [0.15, 0.2) is 0 Å². The Kier molecular flexibility index (Phi) is 4.74. The van der Waals surface area contributed by atoms with Crippen LogP contribution in [0.4, 0.5) is 5.69 Å². The Morgan fingerprint density at radius 1 is 1.32 bits per heavy atom. The number of rotatable bonds is 5. The maximum absolute atomic E-state index is 8.58. The summed E-state index contributed by atoms with van der Waals surface area (Å²) >= 11 is 0. The second-order valence-corrected chi connectivity index (χ2v) is 4.52. The van der Waals surface area contributed by atoms with Crippen LogP contribution in [0.15, 0.2) is 35.6 Å². The van der Waals surface area contributed by atoms with Crippen LogP contribution in [0.5, 0.6) is 5.75 Å². The second-order valence-electron chi connectivity index (χ2n) is 4.52. The third-order valence-electron chi connectivity index (χ3n) is 2.87. The molecule has 22 heavy (non-hydrogen) atoms. The smallest absolute Gasteiger partial charge is 0.237 e. The van der Waals surface area contributed by atoms with Crippen LogP contribution >= 0.6 is 0 Å². The third-order valence-corrected chi connectivity index (χ3v) is 2.87. The number of hydrogen-bond donors (Lipinski definition) is 1. The van der Waals surface area contributed by atoms with E-state index in [-0.39, 0.29) is 5.71 Å². The van der Waals surface area contributed by atoms with Gasteiger partial charge in [-0.2, -0.15) is 20.7 Å². The van der Waals surface area contributed by atoms with Crippen molar-refractivity contribution in [3.8, 4) is 17.9 Å². The maximum atomic E-state index is 8.58. The van der Waals surface area contributed by atoms with Gasteiger partial charge < -0.3 is 4.74 Å². The van der Waals surface area contributed by atoms with Crippen molar-refractivity contribution in [3.63, 3.8) is 0 Å². The quantitative estimate of drug-likeness (QED) is 0.672. The summed E-state index contributed by atoms with van der Waals surface area (Å²) in [7, 11) is 1.87. The number of nitrogens with one attached hydrogen (secondary N) is 1. The molecule has 7 nitrogen and oxygen atoms in total. The Balaban J connectivity index is 1.95. The maximum Gasteiger partial charge on any atom is 0.237 e. The highest BCUT2D eigenvalue weighted by molar-refractivity contribution is 6.10. The average Bonchev–Trinajstić information content (AvgIpc) is 2.85. The highest BCUT2D eigenvalue weighted by atomic mass is 16.5. The van der Waals surface area contributed by atoms with Crippen LogP contribution in [0.3, 0.4) is 0 Å². The first-order chi connectivity index (χ1) is 10.6. The Labute approximate surface area is 128 Å². The monoisotopic (exact) mass is 294 g/mol. The van der Waals surface area contributed by atoms with E-state index in [9.17, 15) is 0 Å². The molecule has 1 aromatic carbocycles. The SMILES string of the molecule is Cc1nn(C)cc1COc1ccc(NN=C(C#N)C#N)cc1. The second kappa shape index (κ2) is 6.91. The predicted molar refractivity (Wildman–Crippen MR) is 81.0 cm³/mol. The molecule has 0 unspecified atom stereocenters. The molecule has 0 atom stereocenters. The molecule has 2 rings (SSSR count). The van der Waals surface area contributed by atoms with E-state index in [4.69, 9.17) is 15.3 Å². The Morgan fingerprint density at radius 3 is 2.55 bits per heavy atom. The summed E-state index contributed by atoms with van der Waals surface area (Å²) in [6.07, 6.45) is 1.92. The van der Waals surface area contributed by atoms with E-state index in [1.165, 1.54) is 0 Å². The van der Waals surface area contributed by atoms with Crippen molar-refractivity contribution in [2.75, 3.05) is 5.43 Å². The lowest BCUT2D eigenvalue weighted by molar-refractivity contribution is 0.305. The summed E-state index contributed by atoms with van der Waals surface area (Å²) in [4.78, 5) is 0. The number of anilines is 1. The summed E-state index contributed by atoms with van der Waals surface area (Å²) in [5.41, 5.74) is 5.03. The van der Waals surface area contributed by atoms with Crippen molar-refractivity contribution in [2.24, 2.45) is 12.1 Å². The number of nitriles is 2. The van der Waals surface area contributed by atoms with E-state index in [1.807, 2.05) is 20.2 Å². The molecule has 0 aliphatic rings. The van der Waals surface area contributed by atoms with E-state index in [0.717, 1.165) is 11.3 Å². The molecule has 0 spiro atoms. The number of aryl methyl sites for hydroxylation is 2. The lowest BCUT2D eigenvalue weighted by atomic mass is 10.3. The first-order valence-corrected chi connectivity index (χ1v) is 6.48. The van der Waals surface area contributed by atoms with E-state index >= 15 is 0 Å².